The number of imidazole rings is 1. The molecule has 0 aliphatic carbocycles. The van der Waals surface area contributed by atoms with Gasteiger partial charge in [-0.15, -0.1) is 0 Å². The number of aromatic nitrogens is 2. The Morgan fingerprint density at radius 2 is 2.27 bits per heavy atom. The summed E-state index contributed by atoms with van der Waals surface area (Å²) in [6, 6.07) is 3.11. The molecule has 4 heteroatoms. The van der Waals surface area contributed by atoms with Crippen molar-refractivity contribution in [3.8, 4) is 0 Å². The van der Waals surface area contributed by atoms with Gasteiger partial charge in [0.2, 0.25) is 0 Å². The highest BCUT2D eigenvalue weighted by Crippen LogP contribution is 2.19. The molecule has 0 spiro atoms. The number of nitrogens with one attached hydrogen (secondary N) is 1. The third kappa shape index (κ3) is 1.01. The summed E-state index contributed by atoms with van der Waals surface area (Å²) in [5.74, 6) is -0.217. The van der Waals surface area contributed by atoms with Gasteiger partial charge >= 0.3 is 0 Å². The minimum Gasteiger partial charge on any atom is -0.345 e. The molecule has 0 saturated carbocycles. The molecule has 11 heavy (non-hydrogen) atoms. The minimum absolute atomic E-state index is 0.217. The van der Waals surface area contributed by atoms with Crippen molar-refractivity contribution in [2.75, 3.05) is 0 Å². The minimum atomic E-state index is -0.217. The van der Waals surface area contributed by atoms with E-state index < -0.39 is 0 Å². The molecule has 2 nitrogen and oxygen atoms in total. The van der Waals surface area contributed by atoms with Crippen molar-refractivity contribution in [3.05, 3.63) is 27.8 Å². The molecule has 2 aromatic rings. The van der Waals surface area contributed by atoms with Gasteiger partial charge in [0, 0.05) is 0 Å². The van der Waals surface area contributed by atoms with Crippen molar-refractivity contribution >= 4 is 33.6 Å². The first-order valence-electron chi connectivity index (χ1n) is 3.06. The number of fused-ring (bicyclic) bond motifs is 1. The molecule has 1 heterocycles. The first-order chi connectivity index (χ1) is 5.29. The van der Waals surface area contributed by atoms with E-state index in [9.17, 15) is 4.39 Å². The molecule has 2 rings (SSSR count). The van der Waals surface area contributed by atoms with Crippen LogP contribution in [0.2, 0.25) is 0 Å². The Labute approximate surface area is 76.0 Å². The lowest BCUT2D eigenvalue weighted by atomic mass is 10.3. The lowest BCUT2D eigenvalue weighted by molar-refractivity contribution is 0.622. The third-order valence-electron chi connectivity index (χ3n) is 1.48. The number of benzene rings is 1. The van der Waals surface area contributed by atoms with Crippen molar-refractivity contribution in [3.63, 3.8) is 0 Å². The van der Waals surface area contributed by atoms with Crippen LogP contribution in [0.4, 0.5) is 4.39 Å². The molecule has 0 aliphatic heterocycles. The number of aromatic amines is 1. The van der Waals surface area contributed by atoms with Gasteiger partial charge in [0.05, 0.1) is 15.4 Å². The molecular formula is C7H4FIN2. The second-order valence-electron chi connectivity index (χ2n) is 2.16. The monoisotopic (exact) mass is 262 g/mol. The van der Waals surface area contributed by atoms with Crippen LogP contribution in [0, 0.1) is 9.39 Å². The van der Waals surface area contributed by atoms with E-state index in [0.29, 0.717) is 9.09 Å². The Morgan fingerprint density at radius 3 is 3.09 bits per heavy atom. The molecule has 0 atom stereocenters. The van der Waals surface area contributed by atoms with Gasteiger partial charge in [0.25, 0.3) is 0 Å². The Morgan fingerprint density at radius 1 is 1.45 bits per heavy atom. The van der Waals surface area contributed by atoms with Crippen molar-refractivity contribution < 1.29 is 4.39 Å². The van der Waals surface area contributed by atoms with Gasteiger partial charge in [-0.05, 0) is 34.7 Å². The quantitative estimate of drug-likeness (QED) is 0.725. The van der Waals surface area contributed by atoms with Crippen molar-refractivity contribution in [1.82, 2.24) is 9.97 Å². The van der Waals surface area contributed by atoms with Crippen LogP contribution in [-0.4, -0.2) is 9.97 Å². The van der Waals surface area contributed by atoms with Gasteiger partial charge in [-0.2, -0.15) is 0 Å². The van der Waals surface area contributed by atoms with E-state index in [2.05, 4.69) is 9.97 Å². The maximum Gasteiger partial charge on any atom is 0.138 e. The maximum absolute atomic E-state index is 12.9. The topological polar surface area (TPSA) is 28.7 Å². The Hall–Kier alpha value is -0.650. The van der Waals surface area contributed by atoms with Crippen LogP contribution in [0.5, 0.6) is 0 Å². The highest BCUT2D eigenvalue weighted by Gasteiger charge is 2.04. The van der Waals surface area contributed by atoms with Gasteiger partial charge in [-0.1, -0.05) is 0 Å². The van der Waals surface area contributed by atoms with Crippen molar-refractivity contribution in [2.24, 2.45) is 0 Å². The molecular weight excluding hydrogens is 258 g/mol. The number of rotatable bonds is 0. The fraction of sp³-hybridized carbons (Fsp3) is 0. The summed E-state index contributed by atoms with van der Waals surface area (Å²) in [4.78, 5) is 6.88. The number of hydrogen-bond acceptors (Lipinski definition) is 1. The third-order valence-corrected chi connectivity index (χ3v) is 2.51. The number of H-pyrrole nitrogens is 1. The molecule has 0 aliphatic rings. The number of hydrogen-bond donors (Lipinski definition) is 1. The summed E-state index contributed by atoms with van der Waals surface area (Å²) in [5.41, 5.74) is 1.57. The molecule has 0 fully saturated rings. The largest absolute Gasteiger partial charge is 0.345 e. The SMILES string of the molecule is Fc1ccc2[nH]cnc2c1I. The zero-order valence-corrected chi connectivity index (χ0v) is 7.59. The van der Waals surface area contributed by atoms with E-state index >= 15 is 0 Å². The second-order valence-corrected chi connectivity index (χ2v) is 3.24. The lowest BCUT2D eigenvalue weighted by Crippen LogP contribution is -1.82. The summed E-state index contributed by atoms with van der Waals surface area (Å²) in [7, 11) is 0. The van der Waals surface area contributed by atoms with Crippen LogP contribution < -0.4 is 0 Å². The second kappa shape index (κ2) is 2.44. The van der Waals surface area contributed by atoms with Crippen molar-refractivity contribution in [1.29, 1.82) is 0 Å². The maximum atomic E-state index is 12.9. The molecule has 0 unspecified atom stereocenters. The fourth-order valence-corrected chi connectivity index (χ4v) is 1.56. The van der Waals surface area contributed by atoms with E-state index in [1.807, 2.05) is 22.6 Å². The first kappa shape index (κ1) is 7.02. The smallest absolute Gasteiger partial charge is 0.138 e. The standard InChI is InChI=1S/C7H4FIN2/c8-4-1-2-5-7(6(4)9)11-3-10-5/h1-3H,(H,10,11). The molecule has 0 radical (unpaired) electrons. The summed E-state index contributed by atoms with van der Waals surface area (Å²) >= 11 is 1.94. The highest BCUT2D eigenvalue weighted by molar-refractivity contribution is 14.1. The Kier molecular flexibility index (Phi) is 1.56. The van der Waals surface area contributed by atoms with Gasteiger partial charge in [0.1, 0.15) is 11.3 Å². The average molecular weight is 262 g/mol. The first-order valence-corrected chi connectivity index (χ1v) is 4.14. The lowest BCUT2D eigenvalue weighted by Gasteiger charge is -1.93. The normalized spacial score (nSPS) is 10.7. The zero-order valence-electron chi connectivity index (χ0n) is 5.44. The van der Waals surface area contributed by atoms with E-state index in [4.69, 9.17) is 0 Å². The van der Waals surface area contributed by atoms with Gasteiger partial charge in [-0.25, -0.2) is 9.37 Å². The van der Waals surface area contributed by atoms with E-state index in [0.717, 1.165) is 5.52 Å². The Bertz CT molecular complexity index is 396. The molecule has 0 amide bonds. The van der Waals surface area contributed by atoms with Gasteiger partial charge in [-0.3, -0.25) is 0 Å². The molecule has 1 aromatic carbocycles. The fourth-order valence-electron chi connectivity index (χ4n) is 0.949. The molecule has 1 N–H and O–H groups in total. The van der Waals surface area contributed by atoms with E-state index in [1.54, 1.807) is 12.4 Å². The summed E-state index contributed by atoms with van der Waals surface area (Å²) < 4.78 is 13.4. The van der Waals surface area contributed by atoms with Gasteiger partial charge in [0.15, 0.2) is 0 Å². The van der Waals surface area contributed by atoms with Crippen LogP contribution in [0.15, 0.2) is 18.5 Å². The van der Waals surface area contributed by atoms with E-state index in [1.165, 1.54) is 6.07 Å². The molecule has 56 valence electrons. The molecule has 1 aromatic heterocycles. The number of halogens is 2. The Balaban J connectivity index is 2.93. The number of nitrogens with zero attached hydrogens (tertiary/aromatic N) is 1. The van der Waals surface area contributed by atoms with Crippen LogP contribution in [0.1, 0.15) is 0 Å². The van der Waals surface area contributed by atoms with Crippen LogP contribution in [0.3, 0.4) is 0 Å². The summed E-state index contributed by atoms with van der Waals surface area (Å²) in [5, 5.41) is 0. The summed E-state index contributed by atoms with van der Waals surface area (Å²) in [6.07, 6.45) is 1.56. The van der Waals surface area contributed by atoms with E-state index in [-0.39, 0.29) is 5.82 Å². The predicted octanol–water partition coefficient (Wildman–Crippen LogP) is 2.31. The highest BCUT2D eigenvalue weighted by atomic mass is 127. The van der Waals surface area contributed by atoms with Crippen LogP contribution in [0.25, 0.3) is 11.0 Å². The predicted molar refractivity (Wildman–Crippen MR) is 48.8 cm³/mol. The molecule has 0 bridgehead atoms. The van der Waals surface area contributed by atoms with Gasteiger partial charge < -0.3 is 4.98 Å². The van der Waals surface area contributed by atoms with Crippen molar-refractivity contribution in [2.45, 2.75) is 0 Å². The summed E-state index contributed by atoms with van der Waals surface area (Å²) in [6.45, 7) is 0. The zero-order chi connectivity index (χ0) is 7.84. The average Bonchev–Trinajstić information content (AvgIpc) is 2.45. The molecule has 0 saturated heterocycles. The van der Waals surface area contributed by atoms with Crippen LogP contribution >= 0.6 is 22.6 Å². The van der Waals surface area contributed by atoms with Crippen LogP contribution in [-0.2, 0) is 0 Å².